The molecule has 0 radical (unpaired) electrons. The predicted molar refractivity (Wildman–Crippen MR) is 63.3 cm³/mol. The molecule has 1 aromatic rings. The Bertz CT molecular complexity index is 419. The zero-order valence-electron chi connectivity index (χ0n) is 9.76. The van der Waals surface area contributed by atoms with E-state index in [0.29, 0.717) is 13.0 Å². The van der Waals surface area contributed by atoms with Crippen LogP contribution >= 0.6 is 0 Å². The zero-order chi connectivity index (χ0) is 13.4. The topological polar surface area (TPSA) is 95.9 Å². The number of carboxylic acids is 1. The number of ether oxygens (including phenoxy) is 1. The first-order chi connectivity index (χ1) is 8.59. The Morgan fingerprint density at radius 3 is 2.61 bits per heavy atom. The van der Waals surface area contributed by atoms with Crippen molar-refractivity contribution in [2.24, 2.45) is 0 Å². The van der Waals surface area contributed by atoms with E-state index in [1.807, 2.05) is 0 Å². The first kappa shape index (κ1) is 14.0. The second-order valence-electron chi connectivity index (χ2n) is 3.62. The molecule has 0 spiro atoms. The molecule has 0 aliphatic heterocycles. The van der Waals surface area contributed by atoms with Crippen LogP contribution in [-0.2, 0) is 20.7 Å². The number of hydrogen-bond donors (Lipinski definition) is 3. The van der Waals surface area contributed by atoms with Crippen molar-refractivity contribution in [1.82, 2.24) is 5.32 Å². The Balaban J connectivity index is 2.20. The van der Waals surface area contributed by atoms with Crippen LogP contribution in [0.3, 0.4) is 0 Å². The minimum Gasteiger partial charge on any atom is -0.508 e. The largest absolute Gasteiger partial charge is 0.508 e. The average Bonchev–Trinajstić information content (AvgIpc) is 2.31. The van der Waals surface area contributed by atoms with Gasteiger partial charge < -0.3 is 20.3 Å². The van der Waals surface area contributed by atoms with Crippen LogP contribution in [0.25, 0.3) is 0 Å². The third-order valence-corrected chi connectivity index (χ3v) is 2.17. The van der Waals surface area contributed by atoms with E-state index in [2.05, 4.69) is 10.1 Å². The number of carbonyl (C=O) groups excluding carboxylic acids is 1. The second-order valence-corrected chi connectivity index (χ2v) is 3.62. The summed E-state index contributed by atoms with van der Waals surface area (Å²) in [6, 6.07) is 6.86. The highest BCUT2D eigenvalue weighted by atomic mass is 16.5. The molecule has 18 heavy (non-hydrogen) atoms. The Labute approximate surface area is 104 Å². The summed E-state index contributed by atoms with van der Waals surface area (Å²) in [5, 5.41) is 20.3. The average molecular weight is 253 g/mol. The van der Waals surface area contributed by atoms with Crippen molar-refractivity contribution < 1.29 is 24.5 Å². The van der Waals surface area contributed by atoms with Gasteiger partial charge in [-0.1, -0.05) is 18.2 Å². The summed E-state index contributed by atoms with van der Waals surface area (Å²) in [6.45, 7) is -0.424. The number of carboxylic acid groups (broad SMARTS) is 1. The highest BCUT2D eigenvalue weighted by Gasteiger charge is 2.04. The smallest absolute Gasteiger partial charge is 0.329 e. The quantitative estimate of drug-likeness (QED) is 0.643. The molecule has 0 saturated heterocycles. The van der Waals surface area contributed by atoms with Crippen LogP contribution in [0, 0.1) is 0 Å². The van der Waals surface area contributed by atoms with Crippen LogP contribution in [0.4, 0.5) is 0 Å². The van der Waals surface area contributed by atoms with Gasteiger partial charge in [-0.2, -0.15) is 0 Å². The first-order valence-corrected chi connectivity index (χ1v) is 5.42. The van der Waals surface area contributed by atoms with Gasteiger partial charge in [0.15, 0.2) is 0 Å². The van der Waals surface area contributed by atoms with Crippen molar-refractivity contribution in [1.29, 1.82) is 0 Å². The van der Waals surface area contributed by atoms with E-state index in [0.717, 1.165) is 5.56 Å². The number of nitrogens with one attached hydrogen (secondary N) is 1. The minimum absolute atomic E-state index is 0.189. The van der Waals surface area contributed by atoms with Crippen LogP contribution in [0.15, 0.2) is 24.3 Å². The fourth-order valence-electron chi connectivity index (χ4n) is 1.34. The highest BCUT2D eigenvalue weighted by Crippen LogP contribution is 2.15. The number of aliphatic carboxylic acids is 1. The second kappa shape index (κ2) is 7.29. The Morgan fingerprint density at radius 1 is 1.22 bits per heavy atom. The van der Waals surface area contributed by atoms with Crippen LogP contribution in [0.1, 0.15) is 5.56 Å². The number of phenols is 1. The van der Waals surface area contributed by atoms with E-state index < -0.39 is 12.6 Å². The van der Waals surface area contributed by atoms with Crippen LogP contribution in [0.5, 0.6) is 5.75 Å². The number of para-hydroxylation sites is 1. The number of amides is 1. The lowest BCUT2D eigenvalue weighted by Crippen LogP contribution is -2.30. The molecule has 3 N–H and O–H groups in total. The summed E-state index contributed by atoms with van der Waals surface area (Å²) < 4.78 is 4.62. The molecule has 0 aliphatic carbocycles. The van der Waals surface area contributed by atoms with Crippen LogP contribution < -0.4 is 5.32 Å². The van der Waals surface area contributed by atoms with E-state index in [-0.39, 0.29) is 18.3 Å². The third kappa shape index (κ3) is 5.31. The van der Waals surface area contributed by atoms with E-state index in [1.165, 1.54) is 0 Å². The van der Waals surface area contributed by atoms with E-state index >= 15 is 0 Å². The van der Waals surface area contributed by atoms with Crippen molar-refractivity contribution >= 4 is 11.9 Å². The van der Waals surface area contributed by atoms with Gasteiger partial charge in [0.2, 0.25) is 5.91 Å². The predicted octanol–water partition coefficient (Wildman–Crippen LogP) is 0.152. The summed E-state index contributed by atoms with van der Waals surface area (Å²) in [5.41, 5.74) is 0.740. The Hall–Kier alpha value is -2.08. The molecule has 0 unspecified atom stereocenters. The van der Waals surface area contributed by atoms with E-state index in [1.54, 1.807) is 24.3 Å². The van der Waals surface area contributed by atoms with Gasteiger partial charge >= 0.3 is 5.97 Å². The minimum atomic E-state index is -1.11. The maximum absolute atomic E-state index is 11.2. The molecule has 0 atom stereocenters. The van der Waals surface area contributed by atoms with Gasteiger partial charge in [-0.25, -0.2) is 4.79 Å². The molecule has 1 aromatic carbocycles. The molecule has 1 rings (SSSR count). The molecule has 1 amide bonds. The maximum Gasteiger partial charge on any atom is 0.329 e. The lowest BCUT2D eigenvalue weighted by atomic mass is 10.1. The number of hydrogen-bond acceptors (Lipinski definition) is 4. The molecule has 0 fully saturated rings. The molecule has 0 heterocycles. The summed E-state index contributed by atoms with van der Waals surface area (Å²) in [5.74, 6) is -1.31. The molecule has 0 saturated carbocycles. The molecular weight excluding hydrogens is 238 g/mol. The van der Waals surface area contributed by atoms with Crippen molar-refractivity contribution in [2.75, 3.05) is 19.8 Å². The van der Waals surface area contributed by atoms with E-state index in [4.69, 9.17) is 5.11 Å². The number of benzene rings is 1. The first-order valence-electron chi connectivity index (χ1n) is 5.42. The van der Waals surface area contributed by atoms with Crippen molar-refractivity contribution in [3.05, 3.63) is 29.8 Å². The number of rotatable bonds is 7. The monoisotopic (exact) mass is 253 g/mol. The highest BCUT2D eigenvalue weighted by molar-refractivity contribution is 5.77. The van der Waals surface area contributed by atoms with Gasteiger partial charge in [0.25, 0.3) is 0 Å². The molecule has 98 valence electrons. The SMILES string of the molecule is O=C(O)COCC(=O)NCCc1ccccc1O. The molecule has 6 heteroatoms. The zero-order valence-corrected chi connectivity index (χ0v) is 9.76. The summed E-state index contributed by atoms with van der Waals surface area (Å²) in [7, 11) is 0. The molecule has 0 aliphatic rings. The van der Waals surface area contributed by atoms with Gasteiger partial charge in [-0.15, -0.1) is 0 Å². The molecule has 0 bridgehead atoms. The van der Waals surface area contributed by atoms with Crippen LogP contribution in [0.2, 0.25) is 0 Å². The lowest BCUT2D eigenvalue weighted by Gasteiger charge is -2.06. The maximum atomic E-state index is 11.2. The number of aromatic hydroxyl groups is 1. The number of phenolic OH excluding ortho intramolecular Hbond substituents is 1. The normalized spacial score (nSPS) is 10.0. The van der Waals surface area contributed by atoms with E-state index in [9.17, 15) is 14.7 Å². The third-order valence-electron chi connectivity index (χ3n) is 2.17. The fourth-order valence-corrected chi connectivity index (χ4v) is 1.34. The van der Waals surface area contributed by atoms with Gasteiger partial charge in [0.05, 0.1) is 0 Å². The standard InChI is InChI=1S/C12H15NO5/c14-10-4-2-1-3-9(10)5-6-13-11(15)7-18-8-12(16)17/h1-4,14H,5-8H2,(H,13,15)(H,16,17). The summed E-state index contributed by atoms with van der Waals surface area (Å²) >= 11 is 0. The molecule has 6 nitrogen and oxygen atoms in total. The summed E-state index contributed by atoms with van der Waals surface area (Å²) in [4.78, 5) is 21.3. The van der Waals surface area contributed by atoms with Gasteiger partial charge in [-0.3, -0.25) is 4.79 Å². The van der Waals surface area contributed by atoms with Crippen LogP contribution in [-0.4, -0.2) is 41.8 Å². The van der Waals surface area contributed by atoms with Crippen molar-refractivity contribution in [3.8, 4) is 5.75 Å². The van der Waals surface area contributed by atoms with Gasteiger partial charge in [0, 0.05) is 6.54 Å². The summed E-state index contributed by atoms with van der Waals surface area (Å²) in [6.07, 6.45) is 0.497. The lowest BCUT2D eigenvalue weighted by molar-refractivity contribution is -0.143. The fraction of sp³-hybridized carbons (Fsp3) is 0.333. The Kier molecular flexibility index (Phi) is 5.66. The van der Waals surface area contributed by atoms with Gasteiger partial charge in [-0.05, 0) is 18.1 Å². The van der Waals surface area contributed by atoms with Crippen molar-refractivity contribution in [2.45, 2.75) is 6.42 Å². The van der Waals surface area contributed by atoms with Gasteiger partial charge in [0.1, 0.15) is 19.0 Å². The molecule has 0 aromatic heterocycles. The Morgan fingerprint density at radius 2 is 1.94 bits per heavy atom. The van der Waals surface area contributed by atoms with Crippen molar-refractivity contribution in [3.63, 3.8) is 0 Å². The molecular formula is C12H15NO5. The number of carbonyl (C=O) groups is 2.